The predicted octanol–water partition coefficient (Wildman–Crippen LogP) is 6.69. The number of nitrogens with one attached hydrogen (secondary N) is 1. The summed E-state index contributed by atoms with van der Waals surface area (Å²) in [6, 6.07) is 14.7. The summed E-state index contributed by atoms with van der Waals surface area (Å²) in [5.74, 6) is -0.872. The SMILES string of the molecule is CC(C)(C)OC(=O)N1C2CCC1CN(c1nc(OCCNC(=O)c3ccc(S(=O)(=O)F)cc3)nc3c(F)c(-c4cccc5cccc(Cl)c45)ncc13)C2. The first-order valence-electron chi connectivity index (χ1n) is 16.9. The van der Waals surface area contributed by atoms with Gasteiger partial charge in [-0.05, 0) is 69.3 Å². The highest BCUT2D eigenvalue weighted by Crippen LogP contribution is 2.39. The molecule has 2 aliphatic heterocycles. The number of halogens is 3. The largest absolute Gasteiger partial charge is 0.462 e. The number of aromatic nitrogens is 3. The monoisotopic (exact) mass is 764 g/mol. The van der Waals surface area contributed by atoms with Crippen LogP contribution >= 0.6 is 11.6 Å². The molecule has 0 radical (unpaired) electrons. The van der Waals surface area contributed by atoms with Crippen LogP contribution in [0.4, 0.5) is 18.9 Å². The first kappa shape index (κ1) is 36.2. The lowest BCUT2D eigenvalue weighted by molar-refractivity contribution is 0.0122. The Morgan fingerprint density at radius 3 is 2.34 bits per heavy atom. The van der Waals surface area contributed by atoms with Gasteiger partial charge in [-0.1, -0.05) is 41.9 Å². The predicted molar refractivity (Wildman–Crippen MR) is 195 cm³/mol. The molecule has 2 bridgehead atoms. The van der Waals surface area contributed by atoms with Crippen molar-refractivity contribution < 1.29 is 35.8 Å². The Labute approximate surface area is 309 Å². The van der Waals surface area contributed by atoms with Crippen LogP contribution in [0.15, 0.2) is 71.8 Å². The van der Waals surface area contributed by atoms with Gasteiger partial charge in [-0.3, -0.25) is 14.7 Å². The highest BCUT2D eigenvalue weighted by molar-refractivity contribution is 7.86. The Morgan fingerprint density at radius 2 is 1.68 bits per heavy atom. The number of carbonyl (C=O) groups is 2. The number of hydrogen-bond donors (Lipinski definition) is 1. The van der Waals surface area contributed by atoms with Crippen molar-refractivity contribution in [2.75, 3.05) is 31.1 Å². The molecule has 2 saturated heterocycles. The van der Waals surface area contributed by atoms with Gasteiger partial charge in [0.05, 0.1) is 28.9 Å². The van der Waals surface area contributed by atoms with Crippen molar-refractivity contribution in [1.29, 1.82) is 0 Å². The summed E-state index contributed by atoms with van der Waals surface area (Å²) < 4.78 is 63.8. The average molecular weight is 765 g/mol. The normalized spacial score (nSPS) is 17.3. The summed E-state index contributed by atoms with van der Waals surface area (Å²) in [6.45, 7) is 6.16. The van der Waals surface area contributed by atoms with E-state index in [2.05, 4.69) is 15.3 Å². The number of piperazine rings is 1. The third kappa shape index (κ3) is 7.40. The molecule has 276 valence electrons. The van der Waals surface area contributed by atoms with Gasteiger partial charge in [0.1, 0.15) is 29.2 Å². The summed E-state index contributed by atoms with van der Waals surface area (Å²) in [5.41, 5.74) is -0.0505. The van der Waals surface area contributed by atoms with Crippen LogP contribution in [0.25, 0.3) is 32.9 Å². The van der Waals surface area contributed by atoms with E-state index >= 15 is 4.39 Å². The van der Waals surface area contributed by atoms with Crippen molar-refractivity contribution in [2.24, 2.45) is 0 Å². The molecular weight excluding hydrogens is 730 g/mol. The number of benzene rings is 3. The number of pyridine rings is 1. The van der Waals surface area contributed by atoms with E-state index in [1.54, 1.807) is 23.1 Å². The van der Waals surface area contributed by atoms with Crippen LogP contribution in [0, 0.1) is 5.82 Å². The maximum atomic E-state index is 16.8. The molecule has 0 saturated carbocycles. The number of ether oxygens (including phenoxy) is 2. The molecular formula is C37H35ClF2N6O6S. The number of fused-ring (bicyclic) bond motifs is 4. The van der Waals surface area contributed by atoms with Crippen LogP contribution in [0.1, 0.15) is 44.0 Å². The fourth-order valence-electron chi connectivity index (χ4n) is 6.87. The van der Waals surface area contributed by atoms with Crippen LogP contribution in [-0.4, -0.2) is 84.2 Å². The van der Waals surface area contributed by atoms with E-state index in [1.165, 1.54) is 18.3 Å². The Hall–Kier alpha value is -5.15. The summed E-state index contributed by atoms with van der Waals surface area (Å²) in [6.07, 6.45) is 2.68. The minimum Gasteiger partial charge on any atom is -0.462 e. The van der Waals surface area contributed by atoms with Crippen molar-refractivity contribution in [3.8, 4) is 17.3 Å². The molecule has 2 fully saturated rings. The van der Waals surface area contributed by atoms with Gasteiger partial charge in [-0.25, -0.2) is 9.18 Å². The second-order valence-corrected chi connectivity index (χ2v) is 15.7. The van der Waals surface area contributed by atoms with Gasteiger partial charge in [-0.15, -0.1) is 3.89 Å². The quantitative estimate of drug-likeness (QED) is 0.134. The minimum absolute atomic E-state index is 0.0178. The Bertz CT molecular complexity index is 2340. The second-order valence-electron chi connectivity index (χ2n) is 13.9. The van der Waals surface area contributed by atoms with E-state index in [0.29, 0.717) is 40.3 Å². The molecule has 12 nitrogen and oxygen atoms in total. The van der Waals surface area contributed by atoms with Crippen molar-refractivity contribution >= 4 is 61.3 Å². The summed E-state index contributed by atoms with van der Waals surface area (Å²) in [4.78, 5) is 42.7. The van der Waals surface area contributed by atoms with E-state index in [1.807, 2.05) is 43.9 Å². The van der Waals surface area contributed by atoms with Gasteiger partial charge in [0.15, 0.2) is 5.82 Å². The van der Waals surface area contributed by atoms with E-state index in [-0.39, 0.29) is 54.1 Å². The molecule has 2 unspecified atom stereocenters. The molecule has 16 heteroatoms. The Kier molecular flexibility index (Phi) is 9.57. The van der Waals surface area contributed by atoms with Crippen LogP contribution in [0.3, 0.4) is 0 Å². The van der Waals surface area contributed by atoms with Gasteiger partial charge in [0.2, 0.25) is 0 Å². The summed E-state index contributed by atoms with van der Waals surface area (Å²) in [5, 5.41) is 4.88. The molecule has 4 heterocycles. The molecule has 0 spiro atoms. The van der Waals surface area contributed by atoms with Gasteiger partial charge >= 0.3 is 22.3 Å². The van der Waals surface area contributed by atoms with Crippen LogP contribution in [0.2, 0.25) is 5.02 Å². The number of amides is 2. The van der Waals surface area contributed by atoms with Crippen molar-refractivity contribution in [3.05, 3.63) is 83.3 Å². The minimum atomic E-state index is -4.90. The zero-order valence-corrected chi connectivity index (χ0v) is 30.5. The van der Waals surface area contributed by atoms with E-state index in [9.17, 15) is 21.9 Å². The number of nitrogens with zero attached hydrogens (tertiary/aromatic N) is 5. The lowest BCUT2D eigenvalue weighted by atomic mass is 10.0. The zero-order chi connectivity index (χ0) is 37.7. The van der Waals surface area contributed by atoms with Crippen LogP contribution in [0.5, 0.6) is 6.01 Å². The van der Waals surface area contributed by atoms with Crippen LogP contribution in [-0.2, 0) is 15.0 Å². The lowest BCUT2D eigenvalue weighted by Crippen LogP contribution is -2.57. The van der Waals surface area contributed by atoms with Crippen LogP contribution < -0.4 is 15.0 Å². The molecule has 1 N–H and O–H groups in total. The van der Waals surface area contributed by atoms with Gasteiger partial charge < -0.3 is 19.7 Å². The molecule has 0 aliphatic carbocycles. The zero-order valence-electron chi connectivity index (χ0n) is 29.0. The van der Waals surface area contributed by atoms with E-state index < -0.39 is 32.4 Å². The fraction of sp³-hybridized carbons (Fsp3) is 0.324. The Morgan fingerprint density at radius 1 is 1.00 bits per heavy atom. The number of anilines is 1. The van der Waals surface area contributed by atoms with Crippen molar-refractivity contribution in [2.45, 2.75) is 56.2 Å². The highest BCUT2D eigenvalue weighted by atomic mass is 35.5. The van der Waals surface area contributed by atoms with Crippen molar-refractivity contribution in [3.63, 3.8) is 0 Å². The maximum Gasteiger partial charge on any atom is 0.410 e. The third-order valence-electron chi connectivity index (χ3n) is 9.16. The third-order valence-corrected chi connectivity index (χ3v) is 10.3. The highest BCUT2D eigenvalue weighted by Gasteiger charge is 2.45. The molecule has 2 aliphatic rings. The summed E-state index contributed by atoms with van der Waals surface area (Å²) in [7, 11) is -4.90. The standard InChI is InChI=1S/C37H35ClF2N6O6S/c1-37(2,3)52-36(48)46-23-12-13-24(46)20-45(19-23)33-27-18-42-31(26-8-4-6-21-7-5-9-28(38)29(21)26)30(39)32(27)43-35(44-33)51-17-16-41-34(47)22-10-14-25(15-11-22)53(40,49)50/h4-11,14-15,18,23-24H,12-13,16-17,19-20H2,1-3H3,(H,41,47). The average Bonchev–Trinajstić information content (AvgIpc) is 3.38. The first-order valence-corrected chi connectivity index (χ1v) is 18.7. The number of carbonyl (C=O) groups excluding carboxylic acids is 2. The molecule has 2 atom stereocenters. The molecule has 2 aromatic heterocycles. The number of rotatable bonds is 8. The Balaban J connectivity index is 1.19. The van der Waals surface area contributed by atoms with Gasteiger partial charge in [-0.2, -0.15) is 18.4 Å². The lowest BCUT2D eigenvalue weighted by Gasteiger charge is -2.42. The fourth-order valence-corrected chi connectivity index (χ4v) is 7.62. The van der Waals surface area contributed by atoms with E-state index in [0.717, 1.165) is 30.4 Å². The topological polar surface area (TPSA) is 144 Å². The smallest absolute Gasteiger partial charge is 0.410 e. The van der Waals surface area contributed by atoms with Gasteiger partial charge in [0.25, 0.3) is 5.91 Å². The van der Waals surface area contributed by atoms with Crippen molar-refractivity contribution in [1.82, 2.24) is 25.2 Å². The van der Waals surface area contributed by atoms with E-state index in [4.69, 9.17) is 26.1 Å². The molecule has 3 aromatic carbocycles. The molecule has 7 rings (SSSR count). The number of hydrogen-bond acceptors (Lipinski definition) is 10. The summed E-state index contributed by atoms with van der Waals surface area (Å²) >= 11 is 6.59. The maximum absolute atomic E-state index is 16.8. The molecule has 53 heavy (non-hydrogen) atoms. The molecule has 2 amide bonds. The van der Waals surface area contributed by atoms with Gasteiger partial charge in [0, 0.05) is 40.8 Å². The molecule has 5 aromatic rings. The first-order chi connectivity index (χ1) is 25.2. The second kappa shape index (κ2) is 14.0.